The molecule has 1 amide bonds. The second-order valence-corrected chi connectivity index (χ2v) is 7.06. The highest BCUT2D eigenvalue weighted by atomic mass is 79.9. The minimum absolute atomic E-state index is 0.0131. The maximum absolute atomic E-state index is 12.6. The fourth-order valence-corrected chi connectivity index (χ4v) is 3.04. The highest BCUT2D eigenvalue weighted by Crippen LogP contribution is 2.27. The van der Waals surface area contributed by atoms with Crippen LogP contribution in [0, 0.1) is 0 Å². The van der Waals surface area contributed by atoms with Crippen molar-refractivity contribution in [3.63, 3.8) is 0 Å². The predicted octanol–water partition coefficient (Wildman–Crippen LogP) is 3.98. The SMILES string of the molecule is C/C=C1\C=CC(NC(=O)c2cc(Br)cc(Oc3ccc(/C(N)=N/O)cc3)c2)=NC1. The van der Waals surface area contributed by atoms with Gasteiger partial charge in [-0.25, -0.2) is 0 Å². The summed E-state index contributed by atoms with van der Waals surface area (Å²) >= 11 is 3.41. The van der Waals surface area contributed by atoms with E-state index in [1.54, 1.807) is 48.5 Å². The minimum atomic E-state index is -0.286. The summed E-state index contributed by atoms with van der Waals surface area (Å²) in [5.41, 5.74) is 7.64. The number of amidine groups is 2. The second kappa shape index (κ2) is 9.20. The molecule has 1 aliphatic heterocycles. The molecule has 0 saturated heterocycles. The third kappa shape index (κ3) is 5.32. The van der Waals surface area contributed by atoms with Crippen molar-refractivity contribution in [3.05, 3.63) is 81.9 Å². The average molecular weight is 455 g/mol. The van der Waals surface area contributed by atoms with E-state index in [0.29, 0.717) is 39.5 Å². The van der Waals surface area contributed by atoms with Gasteiger partial charge in [0.1, 0.15) is 17.3 Å². The van der Waals surface area contributed by atoms with Crippen molar-refractivity contribution in [1.29, 1.82) is 0 Å². The quantitative estimate of drug-likeness (QED) is 0.280. The molecule has 0 atom stereocenters. The van der Waals surface area contributed by atoms with E-state index in [0.717, 1.165) is 5.57 Å². The van der Waals surface area contributed by atoms with Crippen molar-refractivity contribution < 1.29 is 14.7 Å². The van der Waals surface area contributed by atoms with Gasteiger partial charge in [-0.3, -0.25) is 9.79 Å². The van der Waals surface area contributed by atoms with Gasteiger partial charge in [0, 0.05) is 15.6 Å². The largest absolute Gasteiger partial charge is 0.457 e. The molecule has 0 spiro atoms. The summed E-state index contributed by atoms with van der Waals surface area (Å²) in [4.78, 5) is 16.9. The average Bonchev–Trinajstić information content (AvgIpc) is 2.74. The molecule has 0 saturated carbocycles. The molecule has 1 heterocycles. The molecule has 2 aromatic carbocycles. The van der Waals surface area contributed by atoms with E-state index in [4.69, 9.17) is 15.7 Å². The maximum Gasteiger partial charge on any atom is 0.256 e. The van der Waals surface area contributed by atoms with Crippen molar-refractivity contribution in [2.45, 2.75) is 6.92 Å². The van der Waals surface area contributed by atoms with Crippen LogP contribution in [0.4, 0.5) is 0 Å². The molecular weight excluding hydrogens is 436 g/mol. The van der Waals surface area contributed by atoms with Crippen LogP contribution in [0.3, 0.4) is 0 Å². The van der Waals surface area contributed by atoms with Gasteiger partial charge in [-0.2, -0.15) is 0 Å². The number of nitrogens with zero attached hydrogens (tertiary/aromatic N) is 2. The smallest absolute Gasteiger partial charge is 0.256 e. The zero-order valence-corrected chi connectivity index (χ0v) is 17.2. The third-order valence-electron chi connectivity index (χ3n) is 4.13. The molecule has 0 aliphatic carbocycles. The summed E-state index contributed by atoms with van der Waals surface area (Å²) < 4.78 is 6.53. The second-order valence-electron chi connectivity index (χ2n) is 6.14. The molecular formula is C21H19BrN4O3. The number of aliphatic imine (C=N–C) groups is 1. The van der Waals surface area contributed by atoms with Crippen LogP contribution in [0.1, 0.15) is 22.8 Å². The predicted molar refractivity (Wildman–Crippen MR) is 116 cm³/mol. The van der Waals surface area contributed by atoms with Crippen molar-refractivity contribution in [1.82, 2.24) is 5.32 Å². The first-order valence-electron chi connectivity index (χ1n) is 8.74. The summed E-state index contributed by atoms with van der Waals surface area (Å²) in [7, 11) is 0. The van der Waals surface area contributed by atoms with Crippen molar-refractivity contribution >= 4 is 33.5 Å². The normalized spacial score (nSPS) is 15.2. The number of amides is 1. The molecule has 1 aliphatic rings. The number of hydrogen-bond donors (Lipinski definition) is 3. The molecule has 2 aromatic rings. The van der Waals surface area contributed by atoms with Crippen molar-refractivity contribution in [2.24, 2.45) is 15.9 Å². The Labute approximate surface area is 176 Å². The fraction of sp³-hybridized carbons (Fsp3) is 0.0952. The lowest BCUT2D eigenvalue weighted by Crippen LogP contribution is -2.30. The minimum Gasteiger partial charge on any atom is -0.457 e. The van der Waals surface area contributed by atoms with E-state index in [-0.39, 0.29) is 11.7 Å². The van der Waals surface area contributed by atoms with Crippen LogP contribution in [0.5, 0.6) is 11.5 Å². The number of hydrogen-bond acceptors (Lipinski definition) is 5. The maximum atomic E-state index is 12.6. The highest BCUT2D eigenvalue weighted by molar-refractivity contribution is 9.10. The Morgan fingerprint density at radius 3 is 2.59 bits per heavy atom. The van der Waals surface area contributed by atoms with Gasteiger partial charge in [0.25, 0.3) is 5.91 Å². The zero-order valence-electron chi connectivity index (χ0n) is 15.6. The molecule has 0 fully saturated rings. The van der Waals surface area contributed by atoms with Gasteiger partial charge in [0.05, 0.1) is 6.54 Å². The Bertz CT molecular complexity index is 1040. The number of halogens is 1. The number of carbonyl (C=O) groups is 1. The summed E-state index contributed by atoms with van der Waals surface area (Å²) in [6.45, 7) is 2.49. The van der Waals surface area contributed by atoms with Crippen LogP contribution in [0.2, 0.25) is 0 Å². The molecule has 8 heteroatoms. The molecule has 0 bridgehead atoms. The molecule has 29 heavy (non-hydrogen) atoms. The Hall–Kier alpha value is -3.39. The molecule has 0 aromatic heterocycles. The first-order chi connectivity index (χ1) is 14.0. The van der Waals surface area contributed by atoms with Crippen molar-refractivity contribution in [3.8, 4) is 11.5 Å². The molecule has 0 radical (unpaired) electrons. The van der Waals surface area contributed by atoms with Gasteiger partial charge in [0.15, 0.2) is 5.84 Å². The number of dihydropyridines is 1. The van der Waals surface area contributed by atoms with E-state index in [1.807, 2.05) is 19.1 Å². The summed E-state index contributed by atoms with van der Waals surface area (Å²) in [6, 6.07) is 11.8. The summed E-state index contributed by atoms with van der Waals surface area (Å²) in [5.74, 6) is 1.27. The lowest BCUT2D eigenvalue weighted by Gasteiger charge is -2.12. The van der Waals surface area contributed by atoms with Gasteiger partial charge in [-0.1, -0.05) is 33.2 Å². The van der Waals surface area contributed by atoms with Crippen LogP contribution in [0.25, 0.3) is 0 Å². The third-order valence-corrected chi connectivity index (χ3v) is 4.58. The van der Waals surface area contributed by atoms with Crippen LogP contribution < -0.4 is 15.8 Å². The summed E-state index contributed by atoms with van der Waals surface area (Å²) in [6.07, 6.45) is 5.68. The highest BCUT2D eigenvalue weighted by Gasteiger charge is 2.12. The van der Waals surface area contributed by atoms with Gasteiger partial charge < -0.3 is 21.0 Å². The number of oxime groups is 1. The number of nitrogens with one attached hydrogen (secondary N) is 1. The number of rotatable bonds is 4. The topological polar surface area (TPSA) is 109 Å². The first kappa shape index (κ1) is 20.3. The van der Waals surface area contributed by atoms with E-state index >= 15 is 0 Å². The summed E-state index contributed by atoms with van der Waals surface area (Å²) in [5, 5.41) is 14.5. The number of benzene rings is 2. The van der Waals surface area contributed by atoms with Crippen LogP contribution >= 0.6 is 15.9 Å². The van der Waals surface area contributed by atoms with Crippen molar-refractivity contribution in [2.75, 3.05) is 6.54 Å². The first-order valence-corrected chi connectivity index (χ1v) is 9.53. The molecule has 7 nitrogen and oxygen atoms in total. The van der Waals surface area contributed by atoms with E-state index in [2.05, 4.69) is 31.4 Å². The number of allylic oxidation sites excluding steroid dienone is 1. The number of ether oxygens (including phenoxy) is 1. The standard InChI is InChI=1S/C21H19BrN4O3/c1-2-13-3-8-19(24-12-13)25-21(27)15-9-16(22)11-18(10-15)29-17-6-4-14(5-7-17)20(23)26-28/h2-11,28H,12H2,1H3,(H2,23,26)(H,24,25,27)/b13-2+. The van der Waals surface area contributed by atoms with Crippen LogP contribution in [0.15, 0.2) is 80.9 Å². The van der Waals surface area contributed by atoms with E-state index in [9.17, 15) is 4.79 Å². The number of carbonyl (C=O) groups excluding carboxylic acids is 1. The Morgan fingerprint density at radius 1 is 1.21 bits per heavy atom. The lowest BCUT2D eigenvalue weighted by molar-refractivity contribution is 0.0977. The van der Waals surface area contributed by atoms with Gasteiger partial charge in [-0.05, 0) is 61.0 Å². The molecule has 148 valence electrons. The van der Waals surface area contributed by atoms with Crippen LogP contribution in [-0.2, 0) is 0 Å². The van der Waals surface area contributed by atoms with Crippen LogP contribution in [-0.4, -0.2) is 29.3 Å². The lowest BCUT2D eigenvalue weighted by atomic mass is 10.1. The molecule has 4 N–H and O–H groups in total. The monoisotopic (exact) mass is 454 g/mol. The molecule has 3 rings (SSSR count). The number of nitrogens with two attached hydrogens (primary N) is 1. The Balaban J connectivity index is 1.73. The van der Waals surface area contributed by atoms with E-state index in [1.165, 1.54) is 0 Å². The Kier molecular flexibility index (Phi) is 6.46. The Morgan fingerprint density at radius 2 is 1.97 bits per heavy atom. The van der Waals surface area contributed by atoms with Gasteiger partial charge >= 0.3 is 0 Å². The zero-order chi connectivity index (χ0) is 20.8. The van der Waals surface area contributed by atoms with E-state index < -0.39 is 0 Å². The molecule has 0 unspecified atom stereocenters. The fourth-order valence-electron chi connectivity index (χ4n) is 2.57. The van der Waals surface area contributed by atoms with Gasteiger partial charge in [-0.15, -0.1) is 0 Å². The van der Waals surface area contributed by atoms with Gasteiger partial charge in [0.2, 0.25) is 0 Å².